The quantitative estimate of drug-likeness (QED) is 0.453. The highest BCUT2D eigenvalue weighted by Crippen LogP contribution is 2.32. The molecule has 1 amide bonds. The topological polar surface area (TPSA) is 75.7 Å². The first-order valence-electron chi connectivity index (χ1n) is 9.82. The number of benzene rings is 3. The van der Waals surface area contributed by atoms with Gasteiger partial charge in [0.15, 0.2) is 0 Å². The second-order valence-corrected chi connectivity index (χ2v) is 9.53. The predicted octanol–water partition coefficient (Wildman–Crippen LogP) is 5.51. The Balaban J connectivity index is 1.95. The van der Waals surface area contributed by atoms with E-state index < -0.39 is 34.2 Å². The van der Waals surface area contributed by atoms with Gasteiger partial charge in [0.1, 0.15) is 17.2 Å². The van der Waals surface area contributed by atoms with Crippen molar-refractivity contribution in [2.75, 3.05) is 23.3 Å². The lowest BCUT2D eigenvalue weighted by atomic mass is 10.2. The number of amides is 1. The first-order chi connectivity index (χ1) is 15.9. The van der Waals surface area contributed by atoms with Gasteiger partial charge >= 0.3 is 6.18 Å². The minimum Gasteiger partial charge on any atom is -0.495 e. The van der Waals surface area contributed by atoms with Crippen molar-refractivity contribution < 1.29 is 31.1 Å². The number of anilines is 2. The van der Waals surface area contributed by atoms with Crippen LogP contribution in [0.1, 0.15) is 11.1 Å². The first-order valence-corrected chi connectivity index (χ1v) is 11.6. The number of carbonyl (C=O) groups excluding carboxylic acids is 1. The number of hydrogen-bond acceptors (Lipinski definition) is 4. The second kappa shape index (κ2) is 9.94. The maximum atomic E-state index is 13.6. The molecule has 0 bridgehead atoms. The van der Waals surface area contributed by atoms with Crippen LogP contribution >= 0.6 is 11.6 Å². The Bertz CT molecular complexity index is 1280. The Kier molecular flexibility index (Phi) is 7.42. The smallest absolute Gasteiger partial charge is 0.416 e. The Morgan fingerprint density at radius 2 is 1.65 bits per heavy atom. The first kappa shape index (κ1) is 25.4. The van der Waals surface area contributed by atoms with Crippen LogP contribution in [0.5, 0.6) is 5.75 Å². The molecule has 0 aliphatic carbocycles. The van der Waals surface area contributed by atoms with E-state index in [1.807, 2.05) is 0 Å². The lowest BCUT2D eigenvalue weighted by Crippen LogP contribution is -2.38. The summed E-state index contributed by atoms with van der Waals surface area (Å²) in [6.07, 6.45) is -4.52. The number of nitrogens with one attached hydrogen (secondary N) is 1. The number of alkyl halides is 3. The number of ether oxygens (including phenoxy) is 1. The molecule has 180 valence electrons. The van der Waals surface area contributed by atoms with Crippen LogP contribution in [0, 0.1) is 6.92 Å². The number of methoxy groups -OCH3 is 1. The fourth-order valence-corrected chi connectivity index (χ4v) is 4.89. The molecule has 34 heavy (non-hydrogen) atoms. The van der Waals surface area contributed by atoms with Gasteiger partial charge in [-0.15, -0.1) is 0 Å². The van der Waals surface area contributed by atoms with Crippen molar-refractivity contribution in [1.29, 1.82) is 0 Å². The lowest BCUT2D eigenvalue weighted by molar-refractivity contribution is -0.137. The molecule has 0 unspecified atom stereocenters. The third-order valence-electron chi connectivity index (χ3n) is 4.78. The molecule has 0 aromatic heterocycles. The Hall–Kier alpha value is -3.24. The van der Waals surface area contributed by atoms with E-state index in [0.717, 1.165) is 28.6 Å². The zero-order chi connectivity index (χ0) is 25.1. The highest BCUT2D eigenvalue weighted by molar-refractivity contribution is 7.93. The SMILES string of the molecule is COc1ccc(C)cc1S(=O)(=O)N(CC(=O)Nc1ccc(C(F)(F)F)cc1)c1ccc(Cl)cc1. The van der Waals surface area contributed by atoms with Crippen LogP contribution in [0.15, 0.2) is 71.6 Å². The molecule has 0 radical (unpaired) electrons. The molecule has 6 nitrogen and oxygen atoms in total. The highest BCUT2D eigenvalue weighted by Gasteiger charge is 2.31. The van der Waals surface area contributed by atoms with E-state index in [1.165, 1.54) is 43.5 Å². The number of aryl methyl sites for hydroxylation is 1. The van der Waals surface area contributed by atoms with E-state index in [4.69, 9.17) is 16.3 Å². The predicted molar refractivity (Wildman–Crippen MR) is 124 cm³/mol. The van der Waals surface area contributed by atoms with Crippen molar-refractivity contribution in [2.24, 2.45) is 0 Å². The average molecular weight is 513 g/mol. The molecule has 0 atom stereocenters. The molecule has 0 aliphatic heterocycles. The summed E-state index contributed by atoms with van der Waals surface area (Å²) < 4.78 is 71.6. The summed E-state index contributed by atoms with van der Waals surface area (Å²) in [6.45, 7) is 1.06. The number of hydrogen-bond donors (Lipinski definition) is 1. The van der Waals surface area contributed by atoms with Crippen LogP contribution in [-0.4, -0.2) is 28.0 Å². The van der Waals surface area contributed by atoms with E-state index in [0.29, 0.717) is 10.6 Å². The van der Waals surface area contributed by atoms with Gasteiger partial charge in [-0.3, -0.25) is 9.10 Å². The van der Waals surface area contributed by atoms with Crippen molar-refractivity contribution in [3.63, 3.8) is 0 Å². The summed E-state index contributed by atoms with van der Waals surface area (Å²) in [4.78, 5) is 12.6. The number of rotatable bonds is 7. The molecular weight excluding hydrogens is 493 g/mol. The fraction of sp³-hybridized carbons (Fsp3) is 0.174. The van der Waals surface area contributed by atoms with E-state index in [-0.39, 0.29) is 22.0 Å². The number of sulfonamides is 1. The van der Waals surface area contributed by atoms with Crippen LogP contribution in [0.25, 0.3) is 0 Å². The van der Waals surface area contributed by atoms with Crippen molar-refractivity contribution >= 4 is 38.9 Å². The highest BCUT2D eigenvalue weighted by atomic mass is 35.5. The normalized spacial score (nSPS) is 11.7. The second-order valence-electron chi connectivity index (χ2n) is 7.27. The van der Waals surface area contributed by atoms with Gasteiger partial charge in [0.25, 0.3) is 10.0 Å². The third-order valence-corrected chi connectivity index (χ3v) is 6.83. The molecule has 1 N–H and O–H groups in total. The molecular formula is C23H20ClF3N2O4S. The van der Waals surface area contributed by atoms with Crippen molar-refractivity contribution in [2.45, 2.75) is 18.0 Å². The van der Waals surface area contributed by atoms with E-state index in [2.05, 4.69) is 5.32 Å². The van der Waals surface area contributed by atoms with E-state index >= 15 is 0 Å². The van der Waals surface area contributed by atoms with Crippen LogP contribution in [0.4, 0.5) is 24.5 Å². The molecule has 0 spiro atoms. The molecule has 0 saturated heterocycles. The Morgan fingerprint density at radius 3 is 2.21 bits per heavy atom. The third kappa shape index (κ3) is 5.81. The van der Waals surface area contributed by atoms with Gasteiger partial charge in [-0.05, 0) is 73.2 Å². The summed E-state index contributed by atoms with van der Waals surface area (Å²) in [6, 6.07) is 14.2. The van der Waals surface area contributed by atoms with Crippen LogP contribution in [0.3, 0.4) is 0 Å². The lowest BCUT2D eigenvalue weighted by Gasteiger charge is -2.25. The fourth-order valence-electron chi connectivity index (χ4n) is 3.10. The van der Waals surface area contributed by atoms with E-state index in [1.54, 1.807) is 13.0 Å². The van der Waals surface area contributed by atoms with Gasteiger partial charge in [-0.2, -0.15) is 13.2 Å². The Labute approximate surface area is 200 Å². The molecule has 11 heteroatoms. The summed E-state index contributed by atoms with van der Waals surface area (Å²) in [5.41, 5.74) is 0.0298. The van der Waals surface area contributed by atoms with Gasteiger partial charge in [-0.1, -0.05) is 17.7 Å². The summed E-state index contributed by atoms with van der Waals surface area (Å²) in [7, 11) is -2.96. The standard InChI is InChI=1S/C23H20ClF3N2O4S/c1-15-3-12-20(33-2)21(13-15)34(31,32)29(19-10-6-17(24)7-11-19)14-22(30)28-18-8-4-16(5-9-18)23(25,26)27/h3-13H,14H2,1-2H3,(H,28,30). The number of nitrogens with zero attached hydrogens (tertiary/aromatic N) is 1. The number of carbonyl (C=O) groups is 1. The molecule has 0 fully saturated rings. The Morgan fingerprint density at radius 1 is 1.03 bits per heavy atom. The van der Waals surface area contributed by atoms with Gasteiger partial charge < -0.3 is 10.1 Å². The largest absolute Gasteiger partial charge is 0.495 e. The summed E-state index contributed by atoms with van der Waals surface area (Å²) in [5.74, 6) is -0.669. The molecule has 0 saturated carbocycles. The van der Waals surface area contributed by atoms with Crippen LogP contribution in [0.2, 0.25) is 5.02 Å². The minimum atomic E-state index is -4.52. The van der Waals surface area contributed by atoms with Gasteiger partial charge in [0, 0.05) is 10.7 Å². The summed E-state index contributed by atoms with van der Waals surface area (Å²) in [5, 5.41) is 2.79. The monoisotopic (exact) mass is 512 g/mol. The van der Waals surface area contributed by atoms with Crippen molar-refractivity contribution in [3.05, 3.63) is 82.9 Å². The molecule has 0 heterocycles. The van der Waals surface area contributed by atoms with Gasteiger partial charge in [0.2, 0.25) is 5.91 Å². The minimum absolute atomic E-state index is 0.0830. The molecule has 0 aliphatic rings. The van der Waals surface area contributed by atoms with Gasteiger partial charge in [0.05, 0.1) is 18.4 Å². The average Bonchev–Trinajstić information content (AvgIpc) is 2.78. The zero-order valence-corrected chi connectivity index (χ0v) is 19.6. The summed E-state index contributed by atoms with van der Waals surface area (Å²) >= 11 is 5.93. The maximum Gasteiger partial charge on any atom is 0.416 e. The van der Waals surface area contributed by atoms with Crippen molar-refractivity contribution in [3.8, 4) is 5.75 Å². The number of halogens is 4. The van der Waals surface area contributed by atoms with Crippen molar-refractivity contribution in [1.82, 2.24) is 0 Å². The van der Waals surface area contributed by atoms with Gasteiger partial charge in [-0.25, -0.2) is 8.42 Å². The van der Waals surface area contributed by atoms with Crippen LogP contribution < -0.4 is 14.4 Å². The van der Waals surface area contributed by atoms with Crippen LogP contribution in [-0.2, 0) is 21.0 Å². The molecule has 3 aromatic rings. The van der Waals surface area contributed by atoms with E-state index in [9.17, 15) is 26.4 Å². The maximum absolute atomic E-state index is 13.6. The molecule has 3 rings (SSSR count). The molecule has 3 aromatic carbocycles. The zero-order valence-electron chi connectivity index (χ0n) is 18.1.